The van der Waals surface area contributed by atoms with Gasteiger partial charge in [0.25, 0.3) is 0 Å². The molecule has 5 nitrogen and oxygen atoms in total. The fraction of sp³-hybridized carbons (Fsp3) is 0.833. The lowest BCUT2D eigenvalue weighted by atomic mass is 10.4. The first-order chi connectivity index (χ1) is 5.27. The Bertz CT molecular complexity index is 91.2. The largest absolute Gasteiger partial charge is 0.314 e. The molecule has 0 unspecified atom stereocenters. The average molecular weight is 160 g/mol. The van der Waals surface area contributed by atoms with Gasteiger partial charge >= 0.3 is 0 Å². The van der Waals surface area contributed by atoms with Crippen LogP contribution in [0, 0.1) is 0 Å². The molecule has 1 fully saturated rings. The minimum absolute atomic E-state index is 0.218. The van der Waals surface area contributed by atoms with E-state index < -0.39 is 0 Å². The highest BCUT2D eigenvalue weighted by atomic mass is 16.2. The van der Waals surface area contributed by atoms with Crippen LogP contribution in [0.4, 0.5) is 0 Å². The summed E-state index contributed by atoms with van der Waals surface area (Å²) in [7, 11) is 0. The molecule has 1 saturated heterocycles. The van der Waals surface area contributed by atoms with Gasteiger partial charge in [-0.15, -0.1) is 0 Å². The van der Waals surface area contributed by atoms with Crippen molar-refractivity contribution in [1.29, 1.82) is 0 Å². The summed E-state index contributed by atoms with van der Waals surface area (Å²) in [5.41, 5.74) is 1.89. The highest BCUT2D eigenvalue weighted by Crippen LogP contribution is 1.65. The first-order valence-corrected chi connectivity index (χ1v) is 3.66. The van der Waals surface area contributed by atoms with Crippen LogP contribution < -0.4 is 21.9 Å². The van der Waals surface area contributed by atoms with Crippen molar-refractivity contribution in [3.05, 3.63) is 0 Å². The van der Waals surface area contributed by atoms with Gasteiger partial charge in [-0.3, -0.25) is 10.2 Å². The SMILES string of the molecule is C1CNCCN1.CC(=O)NN. The summed E-state index contributed by atoms with van der Waals surface area (Å²) in [4.78, 5) is 9.58. The van der Waals surface area contributed by atoms with Gasteiger partial charge in [-0.2, -0.15) is 0 Å². The molecule has 0 spiro atoms. The number of carbonyl (C=O) groups excluding carboxylic acids is 1. The van der Waals surface area contributed by atoms with Gasteiger partial charge < -0.3 is 10.6 Å². The Kier molecular flexibility index (Phi) is 7.02. The number of nitrogens with two attached hydrogens (primary N) is 1. The molecule has 0 bridgehead atoms. The molecule has 1 amide bonds. The number of hydrazine groups is 1. The van der Waals surface area contributed by atoms with Crippen LogP contribution in [-0.4, -0.2) is 32.1 Å². The Balaban J connectivity index is 0.000000187. The Morgan fingerprint density at radius 1 is 1.27 bits per heavy atom. The van der Waals surface area contributed by atoms with Crippen molar-refractivity contribution in [2.24, 2.45) is 5.84 Å². The molecular formula is C6H16N4O. The maximum absolute atomic E-state index is 9.58. The van der Waals surface area contributed by atoms with Gasteiger partial charge in [0.05, 0.1) is 0 Å². The number of amides is 1. The molecule has 0 aromatic carbocycles. The fourth-order valence-corrected chi connectivity index (χ4v) is 0.604. The fourth-order valence-electron chi connectivity index (χ4n) is 0.604. The normalized spacial score (nSPS) is 16.2. The second-order valence-electron chi connectivity index (χ2n) is 2.20. The number of nitrogens with one attached hydrogen (secondary N) is 3. The lowest BCUT2D eigenvalue weighted by Gasteiger charge is -2.11. The average Bonchev–Trinajstić information content (AvgIpc) is 2.09. The van der Waals surface area contributed by atoms with Crippen LogP contribution in [-0.2, 0) is 4.79 Å². The number of hydrogen-bond donors (Lipinski definition) is 4. The highest BCUT2D eigenvalue weighted by molar-refractivity contribution is 5.71. The van der Waals surface area contributed by atoms with E-state index in [-0.39, 0.29) is 5.91 Å². The van der Waals surface area contributed by atoms with Gasteiger partial charge in [-0.25, -0.2) is 5.84 Å². The topological polar surface area (TPSA) is 79.2 Å². The molecular weight excluding hydrogens is 144 g/mol. The number of hydrogen-bond acceptors (Lipinski definition) is 4. The number of piperazine rings is 1. The molecule has 5 heteroatoms. The van der Waals surface area contributed by atoms with E-state index in [1.165, 1.54) is 6.92 Å². The second-order valence-corrected chi connectivity index (χ2v) is 2.20. The molecule has 0 radical (unpaired) electrons. The minimum atomic E-state index is -0.218. The smallest absolute Gasteiger partial charge is 0.230 e. The van der Waals surface area contributed by atoms with Crippen LogP contribution in [0.25, 0.3) is 0 Å². The molecule has 5 N–H and O–H groups in total. The Hall–Kier alpha value is -0.650. The van der Waals surface area contributed by atoms with Crippen LogP contribution in [0.3, 0.4) is 0 Å². The molecule has 1 rings (SSSR count). The molecule has 0 aromatic heterocycles. The van der Waals surface area contributed by atoms with E-state index >= 15 is 0 Å². The van der Waals surface area contributed by atoms with Gasteiger partial charge in [0, 0.05) is 33.1 Å². The Labute approximate surface area is 66.7 Å². The Morgan fingerprint density at radius 2 is 1.55 bits per heavy atom. The van der Waals surface area contributed by atoms with Gasteiger partial charge in [0.15, 0.2) is 0 Å². The summed E-state index contributed by atoms with van der Waals surface area (Å²) >= 11 is 0. The summed E-state index contributed by atoms with van der Waals surface area (Å²) in [5.74, 6) is 4.35. The first-order valence-electron chi connectivity index (χ1n) is 3.66. The zero-order valence-electron chi connectivity index (χ0n) is 6.81. The van der Waals surface area contributed by atoms with Crippen LogP contribution in [0.15, 0.2) is 0 Å². The van der Waals surface area contributed by atoms with E-state index in [0.29, 0.717) is 0 Å². The van der Waals surface area contributed by atoms with E-state index in [1.54, 1.807) is 0 Å². The monoisotopic (exact) mass is 160 g/mol. The van der Waals surface area contributed by atoms with Crippen molar-refractivity contribution in [3.63, 3.8) is 0 Å². The van der Waals surface area contributed by atoms with Gasteiger partial charge in [-0.1, -0.05) is 0 Å². The van der Waals surface area contributed by atoms with Gasteiger partial charge in [0.1, 0.15) is 0 Å². The number of rotatable bonds is 0. The third-order valence-electron chi connectivity index (χ3n) is 1.16. The highest BCUT2D eigenvalue weighted by Gasteiger charge is 1.91. The number of carbonyl (C=O) groups is 1. The van der Waals surface area contributed by atoms with E-state index in [2.05, 4.69) is 16.5 Å². The zero-order valence-corrected chi connectivity index (χ0v) is 6.81. The van der Waals surface area contributed by atoms with E-state index in [4.69, 9.17) is 0 Å². The summed E-state index contributed by atoms with van der Waals surface area (Å²) < 4.78 is 0. The third kappa shape index (κ3) is 9.35. The molecule has 1 heterocycles. The van der Waals surface area contributed by atoms with Crippen molar-refractivity contribution in [2.75, 3.05) is 26.2 Å². The van der Waals surface area contributed by atoms with Crippen molar-refractivity contribution >= 4 is 5.91 Å². The molecule has 66 valence electrons. The molecule has 11 heavy (non-hydrogen) atoms. The predicted molar refractivity (Wildman–Crippen MR) is 43.7 cm³/mol. The van der Waals surface area contributed by atoms with Crippen LogP contribution in [0.5, 0.6) is 0 Å². The quantitative estimate of drug-likeness (QED) is 0.191. The maximum Gasteiger partial charge on any atom is 0.230 e. The third-order valence-corrected chi connectivity index (χ3v) is 1.16. The molecule has 0 aromatic rings. The zero-order chi connectivity index (χ0) is 8.53. The lowest BCUT2D eigenvalue weighted by Crippen LogP contribution is -2.39. The van der Waals surface area contributed by atoms with Crippen LogP contribution in [0.1, 0.15) is 6.92 Å². The lowest BCUT2D eigenvalue weighted by molar-refractivity contribution is -0.119. The van der Waals surface area contributed by atoms with Crippen LogP contribution >= 0.6 is 0 Å². The summed E-state index contributed by atoms with van der Waals surface area (Å²) in [5, 5.41) is 6.44. The molecule has 0 aliphatic carbocycles. The first kappa shape index (κ1) is 10.3. The summed E-state index contributed by atoms with van der Waals surface area (Å²) in [6, 6.07) is 0. The minimum Gasteiger partial charge on any atom is -0.314 e. The Morgan fingerprint density at radius 3 is 1.64 bits per heavy atom. The predicted octanol–water partition coefficient (Wildman–Crippen LogP) is -1.82. The van der Waals surface area contributed by atoms with E-state index in [9.17, 15) is 4.79 Å². The molecule has 0 saturated carbocycles. The van der Waals surface area contributed by atoms with Gasteiger partial charge in [-0.05, 0) is 0 Å². The maximum atomic E-state index is 9.58. The van der Waals surface area contributed by atoms with E-state index in [0.717, 1.165) is 26.2 Å². The van der Waals surface area contributed by atoms with Crippen molar-refractivity contribution < 1.29 is 4.79 Å². The standard InChI is InChI=1S/C4H10N2.C2H6N2O/c1-2-6-4-3-5-1;1-2(5)4-3/h5-6H,1-4H2;3H2,1H3,(H,4,5). The van der Waals surface area contributed by atoms with Crippen LogP contribution in [0.2, 0.25) is 0 Å². The van der Waals surface area contributed by atoms with Crippen molar-refractivity contribution in [2.45, 2.75) is 6.92 Å². The molecule has 1 aliphatic rings. The summed E-state index contributed by atoms with van der Waals surface area (Å²) in [6.45, 7) is 5.90. The van der Waals surface area contributed by atoms with Gasteiger partial charge in [0.2, 0.25) is 5.91 Å². The second kappa shape index (κ2) is 7.46. The summed E-state index contributed by atoms with van der Waals surface area (Å²) in [6.07, 6.45) is 0. The van der Waals surface area contributed by atoms with Crippen molar-refractivity contribution in [1.82, 2.24) is 16.1 Å². The molecule has 0 atom stereocenters. The molecule has 1 aliphatic heterocycles. The van der Waals surface area contributed by atoms with Crippen molar-refractivity contribution in [3.8, 4) is 0 Å². The van der Waals surface area contributed by atoms with E-state index in [1.807, 2.05) is 5.43 Å².